The molecule has 0 spiro atoms. The summed E-state index contributed by atoms with van der Waals surface area (Å²) in [6.07, 6.45) is 78.3. The second-order valence-electron chi connectivity index (χ2n) is 17.6. The first-order chi connectivity index (χ1) is 30.7. The Morgan fingerprint density at radius 3 is 1.06 bits per heavy atom. The van der Waals surface area contributed by atoms with E-state index in [2.05, 4.69) is 104 Å². The molecule has 0 aromatic carbocycles. The average molecular weight is 860 g/mol. The van der Waals surface area contributed by atoms with E-state index in [1.54, 1.807) is 6.08 Å². The molecule has 3 N–H and O–H groups in total. The summed E-state index contributed by atoms with van der Waals surface area (Å²) in [5, 5.41) is 23.1. The van der Waals surface area contributed by atoms with Crippen LogP contribution in [-0.4, -0.2) is 34.9 Å². The van der Waals surface area contributed by atoms with Crippen LogP contribution in [0.15, 0.2) is 97.2 Å². The minimum Gasteiger partial charge on any atom is -0.394 e. The summed E-state index contributed by atoms with van der Waals surface area (Å²) < 4.78 is 0. The Kier molecular flexibility index (Phi) is 50.4. The van der Waals surface area contributed by atoms with Crippen molar-refractivity contribution >= 4 is 5.91 Å². The van der Waals surface area contributed by atoms with Gasteiger partial charge in [0.2, 0.25) is 5.91 Å². The molecule has 0 aromatic heterocycles. The molecule has 0 aliphatic heterocycles. The molecule has 0 aromatic rings. The number of rotatable bonds is 47. The van der Waals surface area contributed by atoms with Crippen LogP contribution in [0.4, 0.5) is 0 Å². The van der Waals surface area contributed by atoms with Gasteiger partial charge in [-0.1, -0.05) is 259 Å². The average Bonchev–Trinajstić information content (AvgIpc) is 3.28. The van der Waals surface area contributed by atoms with Crippen molar-refractivity contribution in [3.05, 3.63) is 97.2 Å². The van der Waals surface area contributed by atoms with Gasteiger partial charge < -0.3 is 15.5 Å². The van der Waals surface area contributed by atoms with Gasteiger partial charge in [0.1, 0.15) is 0 Å². The second kappa shape index (κ2) is 52.7. The maximum absolute atomic E-state index is 12.4. The van der Waals surface area contributed by atoms with Gasteiger partial charge >= 0.3 is 0 Å². The first kappa shape index (κ1) is 59.3. The zero-order valence-corrected chi connectivity index (χ0v) is 40.9. The van der Waals surface area contributed by atoms with Gasteiger partial charge in [-0.3, -0.25) is 4.79 Å². The Hall–Kier alpha value is -2.69. The van der Waals surface area contributed by atoms with E-state index in [-0.39, 0.29) is 12.5 Å². The lowest BCUT2D eigenvalue weighted by atomic mass is 10.0. The lowest BCUT2D eigenvalue weighted by molar-refractivity contribution is -0.123. The van der Waals surface area contributed by atoms with Crippen molar-refractivity contribution in [3.8, 4) is 0 Å². The number of carbonyl (C=O) groups is 1. The lowest BCUT2D eigenvalue weighted by Gasteiger charge is -2.20. The number of amides is 1. The van der Waals surface area contributed by atoms with Gasteiger partial charge in [-0.15, -0.1) is 0 Å². The van der Waals surface area contributed by atoms with Crippen LogP contribution in [-0.2, 0) is 4.79 Å². The topological polar surface area (TPSA) is 69.6 Å². The number of unbranched alkanes of at least 4 members (excludes halogenated alkanes) is 26. The summed E-state index contributed by atoms with van der Waals surface area (Å²) in [5.74, 6) is -0.0682. The minimum absolute atomic E-state index is 0.0682. The van der Waals surface area contributed by atoms with Crippen molar-refractivity contribution in [1.29, 1.82) is 0 Å². The van der Waals surface area contributed by atoms with E-state index in [4.69, 9.17) is 0 Å². The van der Waals surface area contributed by atoms with Crippen molar-refractivity contribution in [1.82, 2.24) is 5.32 Å². The van der Waals surface area contributed by atoms with Crippen molar-refractivity contribution in [2.75, 3.05) is 6.61 Å². The Bertz CT molecular complexity index is 1160. The monoisotopic (exact) mass is 860 g/mol. The molecule has 0 radical (unpaired) electrons. The number of allylic oxidation sites excluding steroid dienone is 15. The van der Waals surface area contributed by atoms with Crippen molar-refractivity contribution < 1.29 is 15.0 Å². The summed E-state index contributed by atoms with van der Waals surface area (Å²) in [6, 6.07) is -0.627. The Morgan fingerprint density at radius 1 is 0.403 bits per heavy atom. The predicted molar refractivity (Wildman–Crippen MR) is 276 cm³/mol. The molecular weight excluding hydrogens is 759 g/mol. The summed E-state index contributed by atoms with van der Waals surface area (Å²) in [6.45, 7) is 4.19. The van der Waals surface area contributed by atoms with Crippen LogP contribution in [0.5, 0.6) is 0 Å². The Labute approximate surface area is 385 Å². The molecule has 0 aliphatic carbocycles. The molecule has 0 bridgehead atoms. The van der Waals surface area contributed by atoms with Crippen molar-refractivity contribution in [2.24, 2.45) is 0 Å². The van der Waals surface area contributed by atoms with Crippen LogP contribution in [0.25, 0.3) is 0 Å². The van der Waals surface area contributed by atoms with Crippen molar-refractivity contribution in [2.45, 2.75) is 257 Å². The maximum Gasteiger partial charge on any atom is 0.220 e. The van der Waals surface area contributed by atoms with E-state index >= 15 is 0 Å². The fourth-order valence-electron chi connectivity index (χ4n) is 7.57. The maximum atomic E-state index is 12.4. The van der Waals surface area contributed by atoms with Gasteiger partial charge in [0.15, 0.2) is 0 Å². The summed E-state index contributed by atoms with van der Waals surface area (Å²) in [4.78, 5) is 12.4. The zero-order valence-electron chi connectivity index (χ0n) is 40.9. The molecular formula is C58H101NO3. The van der Waals surface area contributed by atoms with Gasteiger partial charge in [-0.05, 0) is 77.0 Å². The fraction of sp³-hybridized carbons (Fsp3) is 0.707. The largest absolute Gasteiger partial charge is 0.394 e. The lowest BCUT2D eigenvalue weighted by Crippen LogP contribution is -2.45. The third-order valence-corrected chi connectivity index (χ3v) is 11.6. The second-order valence-corrected chi connectivity index (χ2v) is 17.6. The molecule has 0 saturated heterocycles. The van der Waals surface area contributed by atoms with E-state index in [0.29, 0.717) is 6.42 Å². The highest BCUT2D eigenvalue weighted by Gasteiger charge is 2.18. The van der Waals surface area contributed by atoms with E-state index in [0.717, 1.165) is 70.6 Å². The predicted octanol–water partition coefficient (Wildman–Crippen LogP) is 17.4. The van der Waals surface area contributed by atoms with E-state index in [9.17, 15) is 15.0 Å². The molecule has 2 atom stereocenters. The quantitative estimate of drug-likeness (QED) is 0.0422. The number of hydrogen-bond acceptors (Lipinski definition) is 3. The number of hydrogen-bond donors (Lipinski definition) is 3. The Morgan fingerprint density at radius 2 is 0.710 bits per heavy atom. The van der Waals surface area contributed by atoms with E-state index in [1.165, 1.54) is 154 Å². The molecule has 2 unspecified atom stereocenters. The molecule has 4 nitrogen and oxygen atoms in total. The van der Waals surface area contributed by atoms with Crippen LogP contribution < -0.4 is 5.32 Å². The third-order valence-electron chi connectivity index (χ3n) is 11.6. The third kappa shape index (κ3) is 48.3. The van der Waals surface area contributed by atoms with Crippen LogP contribution in [0.2, 0.25) is 0 Å². The molecule has 4 heteroatoms. The number of nitrogens with one attached hydrogen (secondary N) is 1. The highest BCUT2D eigenvalue weighted by atomic mass is 16.3. The smallest absolute Gasteiger partial charge is 0.220 e. The van der Waals surface area contributed by atoms with Crippen LogP contribution >= 0.6 is 0 Å². The van der Waals surface area contributed by atoms with Crippen LogP contribution in [0, 0.1) is 0 Å². The zero-order chi connectivity index (χ0) is 44.9. The van der Waals surface area contributed by atoms with Gasteiger partial charge in [0.05, 0.1) is 18.8 Å². The number of aliphatic hydroxyl groups is 2. The van der Waals surface area contributed by atoms with Gasteiger partial charge in [0, 0.05) is 6.42 Å². The molecule has 356 valence electrons. The van der Waals surface area contributed by atoms with E-state index < -0.39 is 12.1 Å². The van der Waals surface area contributed by atoms with Crippen LogP contribution in [0.1, 0.15) is 245 Å². The fourth-order valence-corrected chi connectivity index (χ4v) is 7.57. The van der Waals surface area contributed by atoms with Gasteiger partial charge in [0.25, 0.3) is 0 Å². The van der Waals surface area contributed by atoms with Crippen LogP contribution in [0.3, 0.4) is 0 Å². The molecule has 0 heterocycles. The van der Waals surface area contributed by atoms with Crippen molar-refractivity contribution in [3.63, 3.8) is 0 Å². The molecule has 0 aliphatic rings. The molecule has 0 saturated carbocycles. The highest BCUT2D eigenvalue weighted by Crippen LogP contribution is 2.15. The normalized spacial score (nSPS) is 13.7. The van der Waals surface area contributed by atoms with Gasteiger partial charge in [-0.2, -0.15) is 0 Å². The molecule has 0 fully saturated rings. The molecule has 0 rings (SSSR count). The van der Waals surface area contributed by atoms with E-state index in [1.807, 2.05) is 6.08 Å². The first-order valence-electron chi connectivity index (χ1n) is 26.5. The summed E-state index contributed by atoms with van der Waals surface area (Å²) >= 11 is 0. The summed E-state index contributed by atoms with van der Waals surface area (Å²) in [5.41, 5.74) is 0. The molecule has 62 heavy (non-hydrogen) atoms. The standard InChI is InChI=1S/C58H101NO3/c1-3-5-7-9-11-13-15-17-19-20-21-22-23-24-25-26-27-28-29-30-31-32-33-34-35-36-37-38-40-42-44-46-48-50-52-54-58(62)59-56(55-60)57(61)53-51-49-47-45-43-41-39-18-16-14-12-10-8-6-4-2/h5,7,11,13,17,19,21-22,24-25,27-28,30-31,51,53,56-57,60-61H,3-4,6,8-10,12,14-16,18,20,23,26,29,32-50,52,54-55H2,1-2H3,(H,59,62)/b7-5-,13-11-,19-17-,22-21-,25-24-,28-27-,31-30-,53-51+. The SMILES string of the molecule is CC/C=C\C/C=C\C/C=C\C/C=C\C/C=C\C/C=C\C/C=C\CCCCCCCCCCCCCCCC(=O)NC(CO)C(O)/C=C/CCCCCCCCCCCCCCC. The number of aliphatic hydroxyl groups excluding tert-OH is 2. The summed E-state index contributed by atoms with van der Waals surface area (Å²) in [7, 11) is 0. The minimum atomic E-state index is -0.844. The highest BCUT2D eigenvalue weighted by molar-refractivity contribution is 5.76. The molecule has 1 amide bonds. The van der Waals surface area contributed by atoms with Gasteiger partial charge in [-0.25, -0.2) is 0 Å². The Balaban J connectivity index is 3.55. The number of carbonyl (C=O) groups excluding carboxylic acids is 1. The first-order valence-corrected chi connectivity index (χ1v) is 26.5.